The van der Waals surface area contributed by atoms with E-state index in [4.69, 9.17) is 5.73 Å². The van der Waals surface area contributed by atoms with Crippen LogP contribution in [0, 0.1) is 0 Å². The van der Waals surface area contributed by atoms with Gasteiger partial charge in [-0.1, -0.05) is 106 Å². The third-order valence-electron chi connectivity index (χ3n) is 5.99. The summed E-state index contributed by atoms with van der Waals surface area (Å²) in [5.74, 6) is 0.698. The van der Waals surface area contributed by atoms with E-state index in [1.54, 1.807) is 0 Å². The van der Waals surface area contributed by atoms with Crippen LogP contribution in [0.15, 0.2) is 41.4 Å². The SMILES string of the molecule is C=NC(N)(c1ccccc1)c1cc(C(C)(C)C)c(C(C)(C)C)c(C(C)C)c1C(C)C. The highest BCUT2D eigenvalue weighted by Gasteiger charge is 2.38. The van der Waals surface area contributed by atoms with Crippen LogP contribution in [0.3, 0.4) is 0 Å². The lowest BCUT2D eigenvalue weighted by Crippen LogP contribution is -2.39. The van der Waals surface area contributed by atoms with E-state index in [-0.39, 0.29) is 10.8 Å². The Morgan fingerprint density at radius 3 is 1.63 bits per heavy atom. The lowest BCUT2D eigenvalue weighted by Gasteiger charge is -2.40. The minimum atomic E-state index is -0.985. The molecule has 2 N–H and O–H groups in total. The Hall–Kier alpha value is -1.93. The second-order valence-electron chi connectivity index (χ2n) is 11.3. The summed E-state index contributed by atoms with van der Waals surface area (Å²) in [6.45, 7) is 26.9. The van der Waals surface area contributed by atoms with E-state index < -0.39 is 5.66 Å². The van der Waals surface area contributed by atoms with Crippen molar-refractivity contribution in [2.45, 2.75) is 97.6 Å². The standard InChI is InChI=1S/C28H42N2/c1-18(2)23-21(28(29,30-11)20-15-13-12-14-16-20)17-22(26(5,6)7)25(27(8,9)10)24(23)19(3)4/h12-19H,11,29H2,1-10H3. The number of nitrogens with two attached hydrogens (primary N) is 1. The zero-order valence-electron chi connectivity index (χ0n) is 20.9. The van der Waals surface area contributed by atoms with E-state index in [9.17, 15) is 0 Å². The topological polar surface area (TPSA) is 38.4 Å². The van der Waals surface area contributed by atoms with Crippen LogP contribution in [0.25, 0.3) is 0 Å². The molecule has 2 heteroatoms. The zero-order valence-corrected chi connectivity index (χ0v) is 20.9. The van der Waals surface area contributed by atoms with Gasteiger partial charge in [-0.25, -0.2) is 0 Å². The van der Waals surface area contributed by atoms with Crippen LogP contribution in [0.5, 0.6) is 0 Å². The fourth-order valence-corrected chi connectivity index (χ4v) is 4.68. The third kappa shape index (κ3) is 4.39. The quantitative estimate of drug-likeness (QED) is 0.516. The molecule has 0 aromatic heterocycles. The molecule has 2 rings (SSSR count). The molecule has 2 nitrogen and oxygen atoms in total. The summed E-state index contributed by atoms with van der Waals surface area (Å²) >= 11 is 0. The molecule has 0 aliphatic carbocycles. The fourth-order valence-electron chi connectivity index (χ4n) is 4.68. The van der Waals surface area contributed by atoms with Crippen molar-refractivity contribution in [1.29, 1.82) is 0 Å². The van der Waals surface area contributed by atoms with Crippen LogP contribution >= 0.6 is 0 Å². The third-order valence-corrected chi connectivity index (χ3v) is 5.99. The monoisotopic (exact) mass is 406 g/mol. The average molecular weight is 407 g/mol. The summed E-state index contributed by atoms with van der Waals surface area (Å²) in [6, 6.07) is 12.5. The van der Waals surface area contributed by atoms with Crippen molar-refractivity contribution in [2.24, 2.45) is 10.7 Å². The maximum atomic E-state index is 7.09. The second kappa shape index (κ2) is 8.30. The molecule has 0 saturated carbocycles. The van der Waals surface area contributed by atoms with E-state index in [2.05, 4.69) is 99.1 Å². The predicted octanol–water partition coefficient (Wildman–Crippen LogP) is 7.39. The van der Waals surface area contributed by atoms with E-state index >= 15 is 0 Å². The van der Waals surface area contributed by atoms with Gasteiger partial charge in [-0.15, -0.1) is 0 Å². The van der Waals surface area contributed by atoms with Crippen LogP contribution in [0.4, 0.5) is 0 Å². The minimum Gasteiger partial charge on any atom is -0.300 e. The van der Waals surface area contributed by atoms with Crippen LogP contribution in [0.1, 0.15) is 114 Å². The molecule has 0 aliphatic rings. The molecule has 0 saturated heterocycles. The number of rotatable bonds is 5. The Balaban J connectivity index is 3.15. The molecule has 0 aliphatic heterocycles. The molecule has 164 valence electrons. The lowest BCUT2D eigenvalue weighted by molar-refractivity contribution is 0.505. The van der Waals surface area contributed by atoms with Crippen molar-refractivity contribution in [3.05, 3.63) is 69.8 Å². The maximum absolute atomic E-state index is 7.09. The van der Waals surface area contributed by atoms with Crippen molar-refractivity contribution in [2.75, 3.05) is 0 Å². The molecule has 0 spiro atoms. The van der Waals surface area contributed by atoms with Gasteiger partial charge in [-0.2, -0.15) is 0 Å². The van der Waals surface area contributed by atoms with E-state index in [0.29, 0.717) is 11.8 Å². The predicted molar refractivity (Wildman–Crippen MR) is 133 cm³/mol. The van der Waals surface area contributed by atoms with Crippen molar-refractivity contribution >= 4 is 6.72 Å². The van der Waals surface area contributed by atoms with Gasteiger partial charge in [0.05, 0.1) is 0 Å². The van der Waals surface area contributed by atoms with Crippen molar-refractivity contribution in [1.82, 2.24) is 0 Å². The number of hydrogen-bond acceptors (Lipinski definition) is 2. The highest BCUT2D eigenvalue weighted by molar-refractivity contribution is 5.58. The van der Waals surface area contributed by atoms with Gasteiger partial charge in [0.25, 0.3) is 0 Å². The molecule has 2 aromatic rings. The molecule has 2 aromatic carbocycles. The molecule has 0 bridgehead atoms. The smallest absolute Gasteiger partial charge is 0.159 e. The van der Waals surface area contributed by atoms with Crippen molar-refractivity contribution < 1.29 is 0 Å². The van der Waals surface area contributed by atoms with E-state index in [0.717, 1.165) is 11.1 Å². The fraction of sp³-hybridized carbons (Fsp3) is 0.536. The first kappa shape index (κ1) is 24.3. The van der Waals surface area contributed by atoms with Gasteiger partial charge >= 0.3 is 0 Å². The maximum Gasteiger partial charge on any atom is 0.159 e. The van der Waals surface area contributed by atoms with Gasteiger partial charge in [0.15, 0.2) is 5.66 Å². The van der Waals surface area contributed by atoms with Gasteiger partial charge in [0.1, 0.15) is 0 Å². The van der Waals surface area contributed by atoms with E-state index in [1.807, 2.05) is 18.2 Å². The average Bonchev–Trinajstić information content (AvgIpc) is 2.64. The summed E-state index contributed by atoms with van der Waals surface area (Å²) in [5.41, 5.74) is 13.7. The Labute approximate surface area is 185 Å². The molecular weight excluding hydrogens is 364 g/mol. The Kier molecular flexibility index (Phi) is 6.74. The molecule has 1 unspecified atom stereocenters. The van der Waals surface area contributed by atoms with Gasteiger partial charge < -0.3 is 0 Å². The zero-order chi connectivity index (χ0) is 23.1. The van der Waals surface area contributed by atoms with Crippen LogP contribution < -0.4 is 5.73 Å². The number of hydrogen-bond donors (Lipinski definition) is 1. The van der Waals surface area contributed by atoms with Gasteiger partial charge in [0.2, 0.25) is 0 Å². The van der Waals surface area contributed by atoms with Crippen molar-refractivity contribution in [3.63, 3.8) is 0 Å². The molecule has 0 amide bonds. The number of aliphatic imine (C=N–C) groups is 1. The van der Waals surface area contributed by atoms with Crippen LogP contribution in [-0.4, -0.2) is 6.72 Å². The van der Waals surface area contributed by atoms with Crippen molar-refractivity contribution in [3.8, 4) is 0 Å². The normalized spacial score (nSPS) is 14.8. The second-order valence-corrected chi connectivity index (χ2v) is 11.3. The summed E-state index contributed by atoms with van der Waals surface area (Å²) in [5, 5.41) is 0. The molecular formula is C28H42N2. The number of nitrogens with zero attached hydrogens (tertiary/aromatic N) is 1. The summed E-state index contributed by atoms with van der Waals surface area (Å²) in [7, 11) is 0. The highest BCUT2D eigenvalue weighted by Crippen LogP contribution is 2.47. The Morgan fingerprint density at radius 1 is 0.767 bits per heavy atom. The minimum absolute atomic E-state index is 0.0186. The molecule has 0 fully saturated rings. The summed E-state index contributed by atoms with van der Waals surface area (Å²) in [4.78, 5) is 4.55. The number of benzene rings is 2. The Bertz CT molecular complexity index is 893. The first-order chi connectivity index (χ1) is 13.7. The van der Waals surface area contributed by atoms with Gasteiger partial charge in [-0.3, -0.25) is 10.7 Å². The van der Waals surface area contributed by atoms with Gasteiger partial charge in [-0.05, 0) is 57.2 Å². The lowest BCUT2D eigenvalue weighted by atomic mass is 9.66. The summed E-state index contributed by atoms with van der Waals surface area (Å²) < 4.78 is 0. The largest absolute Gasteiger partial charge is 0.300 e. The Morgan fingerprint density at radius 2 is 1.27 bits per heavy atom. The van der Waals surface area contributed by atoms with Crippen LogP contribution in [0.2, 0.25) is 0 Å². The molecule has 1 atom stereocenters. The van der Waals surface area contributed by atoms with Crippen LogP contribution in [-0.2, 0) is 16.5 Å². The first-order valence-corrected chi connectivity index (χ1v) is 11.2. The molecule has 0 heterocycles. The van der Waals surface area contributed by atoms with Gasteiger partial charge in [0, 0.05) is 5.56 Å². The molecule has 0 radical (unpaired) electrons. The van der Waals surface area contributed by atoms with E-state index in [1.165, 1.54) is 22.3 Å². The summed E-state index contributed by atoms with van der Waals surface area (Å²) in [6.07, 6.45) is 0. The first-order valence-electron chi connectivity index (χ1n) is 11.2. The highest BCUT2D eigenvalue weighted by atomic mass is 15.0. The molecule has 30 heavy (non-hydrogen) atoms.